The zero-order valence-electron chi connectivity index (χ0n) is 27.5. The van der Waals surface area contributed by atoms with Gasteiger partial charge in [-0.25, -0.2) is 9.97 Å². The quantitative estimate of drug-likeness (QED) is 0.173. The number of benzene rings is 7. The number of rotatable bonds is 4. The van der Waals surface area contributed by atoms with Gasteiger partial charge in [0.25, 0.3) is 0 Å². The number of methoxy groups -OCH3 is 2. The molecule has 0 N–H and O–H groups in total. The number of fused-ring (bicyclic) bond motifs is 13. The van der Waals surface area contributed by atoms with Crippen molar-refractivity contribution in [1.82, 2.24) is 9.97 Å². The Hall–Kier alpha value is -6.44. The predicted molar refractivity (Wildman–Crippen MR) is 208 cm³/mol. The molecule has 242 valence electrons. The highest BCUT2D eigenvalue weighted by Gasteiger charge is 2.25. The molecule has 0 aliphatic rings. The Morgan fingerprint density at radius 1 is 0.431 bits per heavy atom. The smallest absolute Gasteiger partial charge is 0.144 e. The molecule has 0 saturated carbocycles. The van der Waals surface area contributed by atoms with Gasteiger partial charge in [0.2, 0.25) is 0 Å². The van der Waals surface area contributed by atoms with Crippen LogP contribution in [-0.2, 0) is 0 Å². The molecule has 4 aromatic heterocycles. The molecule has 0 bridgehead atoms. The minimum atomic E-state index is 0.758. The molecule has 51 heavy (non-hydrogen) atoms. The number of furan rings is 2. The van der Waals surface area contributed by atoms with Gasteiger partial charge >= 0.3 is 0 Å². The summed E-state index contributed by atoms with van der Waals surface area (Å²) in [4.78, 5) is 13.1. The van der Waals surface area contributed by atoms with E-state index in [4.69, 9.17) is 28.3 Å². The largest absolute Gasteiger partial charge is 0.497 e. The normalized spacial score (nSPS) is 12.1. The number of hydrogen-bond donors (Lipinski definition) is 0. The number of para-hydroxylation sites is 4. The monoisotopic (exact) mass is 678 g/mol. The van der Waals surface area contributed by atoms with Crippen LogP contribution in [0.1, 0.15) is 0 Å². The second-order valence-corrected chi connectivity index (χ2v) is 13.8. The summed E-state index contributed by atoms with van der Waals surface area (Å²) < 4.78 is 24.6. The van der Waals surface area contributed by atoms with Gasteiger partial charge in [-0.2, -0.15) is 0 Å². The molecular formula is C44H26N2O4S. The van der Waals surface area contributed by atoms with Crippen molar-refractivity contribution in [2.45, 2.75) is 0 Å². The fourth-order valence-corrected chi connectivity index (χ4v) is 8.93. The maximum absolute atomic E-state index is 6.59. The van der Waals surface area contributed by atoms with Gasteiger partial charge in [0, 0.05) is 43.4 Å². The lowest BCUT2D eigenvalue weighted by Gasteiger charge is -2.12. The maximum atomic E-state index is 6.59. The first-order valence-electron chi connectivity index (χ1n) is 16.7. The highest BCUT2D eigenvalue weighted by molar-refractivity contribution is 7.21. The Balaban J connectivity index is 1.33. The second-order valence-electron chi connectivity index (χ2n) is 12.8. The zero-order chi connectivity index (χ0) is 33.8. The van der Waals surface area contributed by atoms with Crippen molar-refractivity contribution in [3.8, 4) is 32.4 Å². The van der Waals surface area contributed by atoms with Gasteiger partial charge in [-0.05, 0) is 71.4 Å². The lowest BCUT2D eigenvalue weighted by molar-refractivity contribution is 0.415. The van der Waals surface area contributed by atoms with E-state index in [0.29, 0.717) is 0 Å². The molecule has 0 amide bonds. The van der Waals surface area contributed by atoms with Crippen LogP contribution in [0.2, 0.25) is 0 Å². The van der Waals surface area contributed by atoms with E-state index in [0.717, 1.165) is 120 Å². The predicted octanol–water partition coefficient (Wildman–Crippen LogP) is 12.3. The SMILES string of the molecule is COc1ccc2c3ccc(OC)cc3c3nc4c(-c5cccc6c5oc5ccccc56)sc(-c5cccc6c5oc5ccccc56)c4nc3c2c1. The van der Waals surface area contributed by atoms with Crippen molar-refractivity contribution < 1.29 is 18.3 Å². The summed E-state index contributed by atoms with van der Waals surface area (Å²) in [6, 6.07) is 41.4. The highest BCUT2D eigenvalue weighted by Crippen LogP contribution is 2.49. The number of ether oxygens (including phenoxy) is 2. The summed E-state index contributed by atoms with van der Waals surface area (Å²) in [5.74, 6) is 1.52. The Morgan fingerprint density at radius 2 is 0.882 bits per heavy atom. The van der Waals surface area contributed by atoms with Crippen LogP contribution < -0.4 is 9.47 Å². The van der Waals surface area contributed by atoms with Gasteiger partial charge < -0.3 is 18.3 Å². The molecule has 0 unspecified atom stereocenters. The van der Waals surface area contributed by atoms with Gasteiger partial charge in [0.15, 0.2) is 0 Å². The fraction of sp³-hybridized carbons (Fsp3) is 0.0455. The Labute approximate surface area is 294 Å². The Kier molecular flexibility index (Phi) is 5.86. The van der Waals surface area contributed by atoms with Gasteiger partial charge in [0.1, 0.15) is 44.9 Å². The molecule has 0 atom stereocenters. The lowest BCUT2D eigenvalue weighted by atomic mass is 9.98. The van der Waals surface area contributed by atoms with Crippen molar-refractivity contribution in [1.29, 1.82) is 0 Å². The Bertz CT molecular complexity index is 3030. The van der Waals surface area contributed by atoms with E-state index >= 15 is 0 Å². The van der Waals surface area contributed by atoms with Crippen LogP contribution in [0.3, 0.4) is 0 Å². The van der Waals surface area contributed by atoms with Crippen LogP contribution >= 0.6 is 11.3 Å². The standard InChI is InChI=1S/C44H26N2O4S/c1-47-23-17-19-25-26-20-18-24(48-2)22-34(26)38-37(33(25)21-23)45-39-40(46-38)44(32-14-8-12-30-28-10-4-6-16-36(28)50-42(30)32)51-43(39)31-13-7-11-29-27-9-3-5-15-35(27)49-41(29)31/h3-22H,1-2H3. The number of thiophene rings is 1. The molecule has 0 spiro atoms. The van der Waals surface area contributed by atoms with E-state index in [1.165, 1.54) is 0 Å². The third-order valence-corrected chi connectivity index (χ3v) is 11.3. The first-order chi connectivity index (χ1) is 25.2. The molecule has 0 radical (unpaired) electrons. The molecule has 0 aliphatic carbocycles. The summed E-state index contributed by atoms with van der Waals surface area (Å²) in [6.07, 6.45) is 0. The first kappa shape index (κ1) is 28.4. The van der Waals surface area contributed by atoms with Crippen LogP contribution in [0.4, 0.5) is 0 Å². The van der Waals surface area contributed by atoms with Gasteiger partial charge in [0.05, 0.1) is 35.0 Å². The van der Waals surface area contributed by atoms with Gasteiger partial charge in [-0.3, -0.25) is 0 Å². The number of nitrogens with zero attached hydrogens (tertiary/aromatic N) is 2. The molecule has 11 rings (SSSR count). The van der Waals surface area contributed by atoms with Crippen LogP contribution in [-0.4, -0.2) is 24.2 Å². The summed E-state index contributed by atoms with van der Waals surface area (Å²) in [7, 11) is 3.38. The van der Waals surface area contributed by atoms with Crippen molar-refractivity contribution >= 4 is 98.8 Å². The van der Waals surface area contributed by atoms with Crippen molar-refractivity contribution in [3.63, 3.8) is 0 Å². The van der Waals surface area contributed by atoms with Gasteiger partial charge in [-0.15, -0.1) is 11.3 Å². The summed E-state index contributed by atoms with van der Waals surface area (Å²) in [5.41, 5.74) is 8.48. The molecule has 0 fully saturated rings. The van der Waals surface area contributed by atoms with E-state index in [-0.39, 0.29) is 0 Å². The Morgan fingerprint density at radius 3 is 1.35 bits per heavy atom. The average Bonchev–Trinajstić information content (AvgIpc) is 3.88. The van der Waals surface area contributed by atoms with Gasteiger partial charge in [-0.1, -0.05) is 60.7 Å². The lowest BCUT2D eigenvalue weighted by Crippen LogP contribution is -1.93. The minimum Gasteiger partial charge on any atom is -0.497 e. The summed E-state index contributed by atoms with van der Waals surface area (Å²) in [5, 5.41) is 8.36. The summed E-state index contributed by atoms with van der Waals surface area (Å²) >= 11 is 1.67. The first-order valence-corrected chi connectivity index (χ1v) is 17.5. The van der Waals surface area contributed by atoms with E-state index in [1.807, 2.05) is 48.5 Å². The fourth-order valence-electron chi connectivity index (χ4n) is 7.71. The molecule has 11 aromatic rings. The molecule has 4 heterocycles. The van der Waals surface area contributed by atoms with Crippen LogP contribution in [0, 0.1) is 0 Å². The minimum absolute atomic E-state index is 0.758. The number of hydrogen-bond acceptors (Lipinski definition) is 7. The summed E-state index contributed by atoms with van der Waals surface area (Å²) in [6.45, 7) is 0. The maximum Gasteiger partial charge on any atom is 0.144 e. The molecule has 7 heteroatoms. The van der Waals surface area contributed by atoms with Crippen molar-refractivity contribution in [2.75, 3.05) is 14.2 Å². The topological polar surface area (TPSA) is 70.5 Å². The van der Waals surface area contributed by atoms with Crippen LogP contribution in [0.25, 0.3) is 108 Å². The molecular weight excluding hydrogens is 653 g/mol. The zero-order valence-corrected chi connectivity index (χ0v) is 28.3. The van der Waals surface area contributed by atoms with E-state index < -0.39 is 0 Å². The van der Waals surface area contributed by atoms with Crippen LogP contribution in [0.15, 0.2) is 130 Å². The average molecular weight is 679 g/mol. The molecule has 7 aromatic carbocycles. The van der Waals surface area contributed by atoms with Crippen molar-refractivity contribution in [2.24, 2.45) is 0 Å². The van der Waals surface area contributed by atoms with Crippen molar-refractivity contribution in [3.05, 3.63) is 121 Å². The van der Waals surface area contributed by atoms with E-state index in [2.05, 4.69) is 72.8 Å². The second kappa shape index (κ2) is 10.5. The molecule has 0 aliphatic heterocycles. The molecule has 6 nitrogen and oxygen atoms in total. The van der Waals surface area contributed by atoms with Crippen LogP contribution in [0.5, 0.6) is 11.5 Å². The number of aromatic nitrogens is 2. The third-order valence-electron chi connectivity index (χ3n) is 10.1. The van der Waals surface area contributed by atoms with E-state index in [9.17, 15) is 0 Å². The van der Waals surface area contributed by atoms with E-state index in [1.54, 1.807) is 25.6 Å². The third kappa shape index (κ3) is 3.98. The highest BCUT2D eigenvalue weighted by atomic mass is 32.1. The molecule has 0 saturated heterocycles.